The molecular formula is C24H28N2O3. The minimum Gasteiger partial charge on any atom is -0.336 e. The number of likely N-dealkylation sites (N-methyl/N-ethyl adjacent to an activating group) is 1. The average Bonchev–Trinajstić information content (AvgIpc) is 2.72. The molecule has 5 nitrogen and oxygen atoms in total. The van der Waals surface area contributed by atoms with Crippen molar-refractivity contribution in [1.82, 2.24) is 4.90 Å². The third kappa shape index (κ3) is 5.76. The van der Waals surface area contributed by atoms with E-state index >= 15 is 0 Å². The van der Waals surface area contributed by atoms with E-state index in [1.54, 1.807) is 7.05 Å². The Kier molecular flexibility index (Phi) is 6.81. The first-order valence-corrected chi connectivity index (χ1v) is 10.2. The highest BCUT2D eigenvalue weighted by Crippen LogP contribution is 2.23. The lowest BCUT2D eigenvalue weighted by molar-refractivity contribution is -0.133. The third-order valence-electron chi connectivity index (χ3n) is 5.38. The highest BCUT2D eigenvalue weighted by atomic mass is 16.2. The van der Waals surface area contributed by atoms with E-state index in [-0.39, 0.29) is 37.0 Å². The summed E-state index contributed by atoms with van der Waals surface area (Å²) in [5, 5.41) is 2.77. The van der Waals surface area contributed by atoms with Crippen molar-refractivity contribution in [3.8, 4) is 0 Å². The van der Waals surface area contributed by atoms with Crippen LogP contribution in [0.2, 0.25) is 0 Å². The number of hydrogen-bond acceptors (Lipinski definition) is 3. The van der Waals surface area contributed by atoms with E-state index in [2.05, 4.69) is 5.32 Å². The maximum atomic E-state index is 12.5. The van der Waals surface area contributed by atoms with Crippen molar-refractivity contribution in [2.75, 3.05) is 18.9 Å². The van der Waals surface area contributed by atoms with Gasteiger partial charge in [-0.05, 0) is 61.9 Å². The van der Waals surface area contributed by atoms with Crippen molar-refractivity contribution in [3.05, 3.63) is 64.7 Å². The van der Waals surface area contributed by atoms with Crippen molar-refractivity contribution in [2.45, 2.75) is 45.4 Å². The molecular weight excluding hydrogens is 364 g/mol. The maximum absolute atomic E-state index is 12.5. The molecule has 3 rings (SSSR count). The van der Waals surface area contributed by atoms with Gasteiger partial charge in [0, 0.05) is 31.1 Å². The fourth-order valence-corrected chi connectivity index (χ4v) is 3.60. The van der Waals surface area contributed by atoms with Gasteiger partial charge in [-0.3, -0.25) is 14.4 Å². The van der Waals surface area contributed by atoms with Crippen molar-refractivity contribution in [2.24, 2.45) is 0 Å². The van der Waals surface area contributed by atoms with E-state index in [1.165, 1.54) is 28.9 Å². The van der Waals surface area contributed by atoms with Crippen LogP contribution in [0, 0.1) is 6.92 Å². The Bertz CT molecular complexity index is 903. The molecule has 0 spiro atoms. The highest BCUT2D eigenvalue weighted by Gasteiger charge is 2.17. The van der Waals surface area contributed by atoms with Gasteiger partial charge in [0.1, 0.15) is 0 Å². The van der Waals surface area contributed by atoms with Gasteiger partial charge in [0.05, 0.1) is 6.54 Å². The molecule has 0 aromatic heterocycles. The number of benzene rings is 2. The number of nitrogens with zero attached hydrogens (tertiary/aromatic N) is 1. The Balaban J connectivity index is 1.47. The number of nitrogens with one attached hydrogen (secondary N) is 1. The minimum atomic E-state index is -0.259. The zero-order valence-corrected chi connectivity index (χ0v) is 17.2. The lowest BCUT2D eigenvalue weighted by Crippen LogP contribution is -2.35. The highest BCUT2D eigenvalue weighted by molar-refractivity contribution is 5.99. The van der Waals surface area contributed by atoms with Gasteiger partial charge in [-0.25, -0.2) is 0 Å². The molecule has 0 fully saturated rings. The largest absolute Gasteiger partial charge is 0.336 e. The summed E-state index contributed by atoms with van der Waals surface area (Å²) in [5.41, 5.74) is 5.09. The predicted octanol–water partition coefficient (Wildman–Crippen LogP) is 3.93. The summed E-state index contributed by atoms with van der Waals surface area (Å²) in [6.07, 6.45) is 4.73. The lowest BCUT2D eigenvalue weighted by Gasteiger charge is -2.17. The number of amides is 2. The molecule has 152 valence electrons. The quantitative estimate of drug-likeness (QED) is 0.726. The van der Waals surface area contributed by atoms with Crippen LogP contribution in [0.5, 0.6) is 0 Å². The number of Topliss-reactive ketones (excluding diaryl/α,β-unsaturated/α-hetero) is 1. The van der Waals surface area contributed by atoms with Gasteiger partial charge in [0.15, 0.2) is 5.78 Å². The second-order valence-corrected chi connectivity index (χ2v) is 7.78. The van der Waals surface area contributed by atoms with Gasteiger partial charge in [0.2, 0.25) is 11.8 Å². The number of rotatable bonds is 7. The van der Waals surface area contributed by atoms with Crippen LogP contribution in [0.1, 0.15) is 52.7 Å². The summed E-state index contributed by atoms with van der Waals surface area (Å²) in [6.45, 7) is 1.93. The summed E-state index contributed by atoms with van der Waals surface area (Å²) >= 11 is 0. The van der Waals surface area contributed by atoms with Gasteiger partial charge < -0.3 is 10.2 Å². The number of ketones is 1. The van der Waals surface area contributed by atoms with Crippen LogP contribution in [0.15, 0.2) is 42.5 Å². The number of carbonyl (C=O) groups excluding carboxylic acids is 3. The summed E-state index contributed by atoms with van der Waals surface area (Å²) in [5.74, 6) is -0.495. The van der Waals surface area contributed by atoms with Gasteiger partial charge in [-0.2, -0.15) is 0 Å². The number of aryl methyl sites for hydroxylation is 3. The molecule has 2 amide bonds. The molecule has 0 unspecified atom stereocenters. The molecule has 0 heterocycles. The lowest BCUT2D eigenvalue weighted by atomic mass is 9.89. The molecule has 1 N–H and O–H groups in total. The van der Waals surface area contributed by atoms with Crippen LogP contribution in [-0.4, -0.2) is 36.1 Å². The van der Waals surface area contributed by atoms with Crippen molar-refractivity contribution >= 4 is 23.3 Å². The van der Waals surface area contributed by atoms with Gasteiger partial charge in [0.25, 0.3) is 0 Å². The van der Waals surface area contributed by atoms with Crippen molar-refractivity contribution in [3.63, 3.8) is 0 Å². The zero-order valence-electron chi connectivity index (χ0n) is 17.2. The molecule has 1 aliphatic carbocycles. The van der Waals surface area contributed by atoms with Gasteiger partial charge in [-0.1, -0.05) is 29.8 Å². The fourth-order valence-electron chi connectivity index (χ4n) is 3.60. The topological polar surface area (TPSA) is 66.5 Å². The van der Waals surface area contributed by atoms with E-state index in [9.17, 15) is 14.4 Å². The number of fused-ring (bicyclic) bond motifs is 1. The molecule has 29 heavy (non-hydrogen) atoms. The van der Waals surface area contributed by atoms with Gasteiger partial charge in [-0.15, -0.1) is 0 Å². The van der Waals surface area contributed by atoms with E-state index in [0.717, 1.165) is 18.4 Å². The number of anilines is 1. The van der Waals surface area contributed by atoms with Crippen LogP contribution in [0.3, 0.4) is 0 Å². The third-order valence-corrected chi connectivity index (χ3v) is 5.38. The number of carbonyl (C=O) groups is 3. The molecule has 0 aliphatic heterocycles. The van der Waals surface area contributed by atoms with Crippen LogP contribution in [-0.2, 0) is 22.4 Å². The Morgan fingerprint density at radius 1 is 0.931 bits per heavy atom. The van der Waals surface area contributed by atoms with Crippen molar-refractivity contribution < 1.29 is 14.4 Å². The average molecular weight is 392 g/mol. The standard InChI is InChI=1S/C24H28N2O3/c1-17-7-11-21(12-8-17)25-23(28)16-26(2)24(29)14-13-22(27)20-10-9-18-5-3-4-6-19(18)15-20/h7-12,15H,3-6,13-14,16H2,1-2H3,(H,25,28). The SMILES string of the molecule is Cc1ccc(NC(=O)CN(C)C(=O)CCC(=O)c2ccc3c(c2)CCCC3)cc1. The molecule has 1 aliphatic rings. The van der Waals surface area contributed by atoms with E-state index in [0.29, 0.717) is 11.3 Å². The molecule has 0 bridgehead atoms. The second kappa shape index (κ2) is 9.50. The van der Waals surface area contributed by atoms with Crippen LogP contribution < -0.4 is 5.32 Å². The zero-order chi connectivity index (χ0) is 20.8. The number of hydrogen-bond donors (Lipinski definition) is 1. The Morgan fingerprint density at radius 2 is 1.62 bits per heavy atom. The summed E-state index contributed by atoms with van der Waals surface area (Å²) < 4.78 is 0. The molecule has 0 radical (unpaired) electrons. The fraction of sp³-hybridized carbons (Fsp3) is 0.375. The Labute approximate surface area is 172 Å². The first kappa shape index (κ1) is 20.8. The van der Waals surface area contributed by atoms with Crippen LogP contribution >= 0.6 is 0 Å². The van der Waals surface area contributed by atoms with E-state index in [1.807, 2.05) is 49.4 Å². The summed E-state index contributed by atoms with van der Waals surface area (Å²) in [6, 6.07) is 13.4. The Hall–Kier alpha value is -2.95. The summed E-state index contributed by atoms with van der Waals surface area (Å²) in [4.78, 5) is 38.3. The van der Waals surface area contributed by atoms with Crippen molar-refractivity contribution in [1.29, 1.82) is 0 Å². The molecule has 0 saturated heterocycles. The second-order valence-electron chi connectivity index (χ2n) is 7.78. The van der Waals surface area contributed by atoms with E-state index in [4.69, 9.17) is 0 Å². The smallest absolute Gasteiger partial charge is 0.243 e. The molecule has 0 saturated carbocycles. The minimum absolute atomic E-state index is 0.0239. The summed E-state index contributed by atoms with van der Waals surface area (Å²) in [7, 11) is 1.58. The van der Waals surface area contributed by atoms with E-state index < -0.39 is 0 Å². The predicted molar refractivity (Wildman–Crippen MR) is 114 cm³/mol. The normalized spacial score (nSPS) is 12.8. The van der Waals surface area contributed by atoms with Crippen LogP contribution in [0.4, 0.5) is 5.69 Å². The van der Waals surface area contributed by atoms with Gasteiger partial charge >= 0.3 is 0 Å². The van der Waals surface area contributed by atoms with Crippen LogP contribution in [0.25, 0.3) is 0 Å². The first-order chi connectivity index (χ1) is 13.9. The Morgan fingerprint density at radius 3 is 2.34 bits per heavy atom. The molecule has 2 aromatic carbocycles. The molecule has 0 atom stereocenters. The molecule has 5 heteroatoms. The molecule has 2 aromatic rings. The first-order valence-electron chi connectivity index (χ1n) is 10.2. The maximum Gasteiger partial charge on any atom is 0.243 e. The monoisotopic (exact) mass is 392 g/mol.